The van der Waals surface area contributed by atoms with Gasteiger partial charge in [-0.1, -0.05) is 0 Å². The third-order valence-electron chi connectivity index (χ3n) is 3.46. The molecule has 2 aromatic rings. The predicted molar refractivity (Wildman–Crippen MR) is 66.0 cm³/mol. The number of hydrogen-bond donors (Lipinski definition) is 1. The zero-order valence-corrected chi connectivity index (χ0v) is 9.87. The van der Waals surface area contributed by atoms with Crippen molar-refractivity contribution in [3.05, 3.63) is 18.6 Å². The highest BCUT2D eigenvalue weighted by atomic mass is 16.3. The molecule has 17 heavy (non-hydrogen) atoms. The van der Waals surface area contributed by atoms with Crippen LogP contribution in [-0.4, -0.2) is 39.1 Å². The summed E-state index contributed by atoms with van der Waals surface area (Å²) in [6, 6.07) is 0. The number of piperidine rings is 1. The summed E-state index contributed by atoms with van der Waals surface area (Å²) in [4.78, 5) is 6.56. The Morgan fingerprint density at radius 2 is 2.00 bits per heavy atom. The van der Waals surface area contributed by atoms with Crippen LogP contribution >= 0.6 is 0 Å². The fraction of sp³-hybridized carbons (Fsp3) is 0.500. The van der Waals surface area contributed by atoms with Crippen molar-refractivity contribution in [2.75, 3.05) is 18.0 Å². The number of aliphatic hydroxyl groups excluding tert-OH is 1. The second-order valence-corrected chi connectivity index (χ2v) is 4.58. The number of rotatable bonds is 1. The molecule has 3 rings (SSSR count). The molecule has 2 aromatic heterocycles. The molecule has 1 saturated heterocycles. The monoisotopic (exact) mass is 232 g/mol. The van der Waals surface area contributed by atoms with E-state index in [2.05, 4.69) is 15.0 Å². The van der Waals surface area contributed by atoms with E-state index in [1.807, 2.05) is 30.3 Å². The maximum absolute atomic E-state index is 9.53. The van der Waals surface area contributed by atoms with Crippen molar-refractivity contribution in [2.24, 2.45) is 7.05 Å². The summed E-state index contributed by atoms with van der Waals surface area (Å²) in [6.45, 7) is 1.77. The summed E-state index contributed by atoms with van der Waals surface area (Å²) in [7, 11) is 1.92. The molecule has 0 radical (unpaired) electrons. The SMILES string of the molecule is Cn1ncc2c(N3CCC(O)CC3)cncc21. The highest BCUT2D eigenvalue weighted by molar-refractivity contribution is 5.90. The van der Waals surface area contributed by atoms with Crippen LogP contribution in [0.4, 0.5) is 5.69 Å². The summed E-state index contributed by atoms with van der Waals surface area (Å²) in [6.07, 6.45) is 7.13. The van der Waals surface area contributed by atoms with Crippen molar-refractivity contribution in [1.29, 1.82) is 0 Å². The lowest BCUT2D eigenvalue weighted by atomic mass is 10.1. The van der Waals surface area contributed by atoms with Crippen LogP contribution < -0.4 is 4.90 Å². The van der Waals surface area contributed by atoms with Crippen molar-refractivity contribution < 1.29 is 5.11 Å². The van der Waals surface area contributed by atoms with Gasteiger partial charge in [-0.25, -0.2) is 0 Å². The van der Waals surface area contributed by atoms with E-state index in [-0.39, 0.29) is 6.10 Å². The number of hydrogen-bond acceptors (Lipinski definition) is 4. The minimum atomic E-state index is -0.146. The fourth-order valence-electron chi connectivity index (χ4n) is 2.40. The molecule has 1 aliphatic rings. The zero-order valence-electron chi connectivity index (χ0n) is 9.87. The van der Waals surface area contributed by atoms with Crippen molar-refractivity contribution in [3.8, 4) is 0 Å². The molecular weight excluding hydrogens is 216 g/mol. The van der Waals surface area contributed by atoms with Crippen LogP contribution in [0.5, 0.6) is 0 Å². The van der Waals surface area contributed by atoms with Gasteiger partial charge in [0.2, 0.25) is 0 Å². The number of pyridine rings is 1. The number of aliphatic hydroxyl groups is 1. The Kier molecular flexibility index (Phi) is 2.48. The molecule has 0 aliphatic carbocycles. The van der Waals surface area contributed by atoms with E-state index in [1.54, 1.807) is 0 Å². The normalized spacial score (nSPS) is 17.9. The van der Waals surface area contributed by atoms with E-state index >= 15 is 0 Å². The molecule has 0 saturated carbocycles. The van der Waals surface area contributed by atoms with Gasteiger partial charge < -0.3 is 10.0 Å². The molecule has 90 valence electrons. The molecular formula is C12H16N4O. The first-order valence-corrected chi connectivity index (χ1v) is 5.94. The van der Waals surface area contributed by atoms with E-state index in [9.17, 15) is 5.11 Å². The summed E-state index contributed by atoms with van der Waals surface area (Å²) in [5.74, 6) is 0. The molecule has 0 aromatic carbocycles. The van der Waals surface area contributed by atoms with Gasteiger partial charge in [0.25, 0.3) is 0 Å². The topological polar surface area (TPSA) is 54.2 Å². The van der Waals surface area contributed by atoms with Crippen LogP contribution in [-0.2, 0) is 7.05 Å². The van der Waals surface area contributed by atoms with Crippen molar-refractivity contribution in [1.82, 2.24) is 14.8 Å². The zero-order chi connectivity index (χ0) is 11.8. The second-order valence-electron chi connectivity index (χ2n) is 4.58. The van der Waals surface area contributed by atoms with Crippen LogP contribution in [0.3, 0.4) is 0 Å². The quantitative estimate of drug-likeness (QED) is 0.794. The standard InChI is InChI=1S/C12H16N4O/c1-15-11-7-13-8-12(10(11)6-14-15)16-4-2-9(17)3-5-16/h6-9,17H,2-5H2,1H3. The lowest BCUT2D eigenvalue weighted by molar-refractivity contribution is 0.145. The summed E-state index contributed by atoms with van der Waals surface area (Å²) in [5.41, 5.74) is 2.18. The van der Waals surface area contributed by atoms with Gasteiger partial charge in [0.15, 0.2) is 0 Å². The highest BCUT2D eigenvalue weighted by Crippen LogP contribution is 2.27. The molecule has 0 atom stereocenters. The Hall–Kier alpha value is -1.62. The van der Waals surface area contributed by atoms with E-state index in [0.717, 1.165) is 42.5 Å². The number of nitrogens with zero attached hydrogens (tertiary/aromatic N) is 4. The molecule has 1 aliphatic heterocycles. The van der Waals surface area contributed by atoms with Crippen LogP contribution in [0.1, 0.15) is 12.8 Å². The Labute approximate surface area is 99.7 Å². The lowest BCUT2D eigenvalue weighted by Crippen LogP contribution is -2.35. The third kappa shape index (κ3) is 1.76. The van der Waals surface area contributed by atoms with Crippen molar-refractivity contribution in [2.45, 2.75) is 18.9 Å². The molecule has 1 fully saturated rings. The number of aryl methyl sites for hydroxylation is 1. The van der Waals surface area contributed by atoms with Gasteiger partial charge in [-0.3, -0.25) is 9.67 Å². The average molecular weight is 232 g/mol. The minimum absolute atomic E-state index is 0.146. The van der Waals surface area contributed by atoms with E-state index in [1.165, 1.54) is 0 Å². The molecule has 0 unspecified atom stereocenters. The summed E-state index contributed by atoms with van der Waals surface area (Å²) in [5, 5.41) is 14.9. The largest absolute Gasteiger partial charge is 0.393 e. The van der Waals surface area contributed by atoms with Gasteiger partial charge in [-0.2, -0.15) is 5.10 Å². The third-order valence-corrected chi connectivity index (χ3v) is 3.46. The van der Waals surface area contributed by atoms with E-state index in [0.29, 0.717) is 0 Å². The molecule has 1 N–H and O–H groups in total. The molecule has 0 bridgehead atoms. The van der Waals surface area contributed by atoms with Gasteiger partial charge in [0, 0.05) is 25.5 Å². The number of aromatic nitrogens is 3. The van der Waals surface area contributed by atoms with Gasteiger partial charge in [0.05, 0.1) is 35.9 Å². The van der Waals surface area contributed by atoms with E-state index in [4.69, 9.17) is 0 Å². The molecule has 3 heterocycles. The number of fused-ring (bicyclic) bond motifs is 1. The lowest BCUT2D eigenvalue weighted by Gasteiger charge is -2.31. The Morgan fingerprint density at radius 3 is 2.76 bits per heavy atom. The average Bonchev–Trinajstić information content (AvgIpc) is 2.73. The molecule has 0 amide bonds. The van der Waals surface area contributed by atoms with Crippen molar-refractivity contribution >= 4 is 16.6 Å². The van der Waals surface area contributed by atoms with Gasteiger partial charge in [-0.05, 0) is 12.8 Å². The first kappa shape index (κ1) is 10.5. The first-order chi connectivity index (χ1) is 8.25. The van der Waals surface area contributed by atoms with Crippen LogP contribution in [0.2, 0.25) is 0 Å². The molecule has 0 spiro atoms. The smallest absolute Gasteiger partial charge is 0.0883 e. The van der Waals surface area contributed by atoms with E-state index < -0.39 is 0 Å². The minimum Gasteiger partial charge on any atom is -0.393 e. The highest BCUT2D eigenvalue weighted by Gasteiger charge is 2.19. The second kappa shape index (κ2) is 4.00. The van der Waals surface area contributed by atoms with Crippen LogP contribution in [0.25, 0.3) is 10.9 Å². The van der Waals surface area contributed by atoms with Gasteiger partial charge in [-0.15, -0.1) is 0 Å². The maximum atomic E-state index is 9.53. The number of anilines is 1. The summed E-state index contributed by atoms with van der Waals surface area (Å²) < 4.78 is 1.84. The Balaban J connectivity index is 2.00. The molecule has 5 heteroatoms. The van der Waals surface area contributed by atoms with Gasteiger partial charge in [0.1, 0.15) is 0 Å². The van der Waals surface area contributed by atoms with Crippen LogP contribution in [0, 0.1) is 0 Å². The Bertz CT molecular complexity index is 528. The van der Waals surface area contributed by atoms with Gasteiger partial charge >= 0.3 is 0 Å². The fourth-order valence-corrected chi connectivity index (χ4v) is 2.40. The first-order valence-electron chi connectivity index (χ1n) is 5.94. The van der Waals surface area contributed by atoms with Crippen LogP contribution in [0.15, 0.2) is 18.6 Å². The summed E-state index contributed by atoms with van der Waals surface area (Å²) >= 11 is 0. The molecule has 5 nitrogen and oxygen atoms in total. The van der Waals surface area contributed by atoms with Crippen molar-refractivity contribution in [3.63, 3.8) is 0 Å². The predicted octanol–water partition coefficient (Wildman–Crippen LogP) is 0.929. The Morgan fingerprint density at radius 1 is 1.24 bits per heavy atom. The maximum Gasteiger partial charge on any atom is 0.0883 e.